The van der Waals surface area contributed by atoms with Crippen molar-refractivity contribution in [2.75, 3.05) is 5.32 Å². The molecule has 0 saturated heterocycles. The molecule has 2 aromatic carbocycles. The Labute approximate surface area is 156 Å². The fraction of sp³-hybridized carbons (Fsp3) is 0.0588. The Morgan fingerprint density at radius 1 is 1.19 bits per heavy atom. The van der Waals surface area contributed by atoms with Gasteiger partial charge in [0.15, 0.2) is 5.82 Å². The zero-order chi connectivity index (χ0) is 18.3. The molecule has 130 valence electrons. The van der Waals surface area contributed by atoms with E-state index in [4.69, 9.17) is 11.6 Å². The first-order valence-electron chi connectivity index (χ1n) is 7.57. The molecule has 0 bridgehead atoms. The van der Waals surface area contributed by atoms with E-state index in [2.05, 4.69) is 20.6 Å². The molecule has 0 atom stereocenters. The number of hydrogen-bond acceptors (Lipinski definition) is 5. The predicted octanol–water partition coefficient (Wildman–Crippen LogP) is 4.21. The molecule has 6 nitrogen and oxygen atoms in total. The number of fused-ring (bicyclic) bond motifs is 1. The van der Waals surface area contributed by atoms with Crippen molar-refractivity contribution in [3.05, 3.63) is 64.4 Å². The third-order valence-electron chi connectivity index (χ3n) is 3.75. The third kappa shape index (κ3) is 3.04. The number of hydrogen-bond donors (Lipinski definition) is 1. The maximum absolute atomic E-state index is 13.8. The second-order valence-electron chi connectivity index (χ2n) is 5.55. The number of halogens is 2. The van der Waals surface area contributed by atoms with Crippen LogP contribution in [-0.2, 0) is 0 Å². The molecule has 26 heavy (non-hydrogen) atoms. The van der Waals surface area contributed by atoms with Gasteiger partial charge in [0.25, 0.3) is 5.91 Å². The van der Waals surface area contributed by atoms with E-state index >= 15 is 0 Å². The summed E-state index contributed by atoms with van der Waals surface area (Å²) in [7, 11) is 0. The minimum atomic E-state index is -0.328. The Kier molecular flexibility index (Phi) is 4.14. The van der Waals surface area contributed by atoms with Crippen molar-refractivity contribution in [1.82, 2.24) is 19.8 Å². The molecule has 9 heteroatoms. The third-order valence-corrected chi connectivity index (χ3v) is 4.81. The van der Waals surface area contributed by atoms with E-state index in [0.717, 1.165) is 0 Å². The highest BCUT2D eigenvalue weighted by Gasteiger charge is 2.16. The first-order valence-corrected chi connectivity index (χ1v) is 8.76. The minimum absolute atomic E-state index is 0.311. The molecule has 0 aliphatic carbocycles. The largest absolute Gasteiger partial charge is 0.296 e. The lowest BCUT2D eigenvalue weighted by atomic mass is 10.1. The van der Waals surface area contributed by atoms with Crippen molar-refractivity contribution in [2.45, 2.75) is 6.92 Å². The second-order valence-corrected chi connectivity index (χ2v) is 6.94. The summed E-state index contributed by atoms with van der Waals surface area (Å²) in [5.74, 6) is -0.234. The number of nitrogens with zero attached hydrogens (tertiary/aromatic N) is 4. The standard InChI is InChI=1S/C17H11ClFN5OS/c1-9-2-3-11(8-13(9)19)14-21-22-17-24(14)23-16(26-17)20-15(25)10-4-6-12(18)7-5-10/h2-8H,1H3,(H,20,23,25). The van der Waals surface area contributed by atoms with Gasteiger partial charge in [0, 0.05) is 16.1 Å². The van der Waals surface area contributed by atoms with Crippen LogP contribution in [0.1, 0.15) is 15.9 Å². The van der Waals surface area contributed by atoms with Crippen molar-refractivity contribution >= 4 is 38.9 Å². The van der Waals surface area contributed by atoms with Gasteiger partial charge in [-0.05, 0) is 42.8 Å². The van der Waals surface area contributed by atoms with Crippen molar-refractivity contribution in [3.8, 4) is 11.4 Å². The zero-order valence-corrected chi connectivity index (χ0v) is 15.0. The topological polar surface area (TPSA) is 72.2 Å². The van der Waals surface area contributed by atoms with Crippen LogP contribution in [0.5, 0.6) is 0 Å². The number of nitrogens with one attached hydrogen (secondary N) is 1. The van der Waals surface area contributed by atoms with Crippen LogP contribution in [0, 0.1) is 12.7 Å². The smallest absolute Gasteiger partial charge is 0.257 e. The Morgan fingerprint density at radius 2 is 1.96 bits per heavy atom. The van der Waals surface area contributed by atoms with Gasteiger partial charge in [0.1, 0.15) is 5.82 Å². The summed E-state index contributed by atoms with van der Waals surface area (Å²) in [5, 5.41) is 16.0. The molecule has 2 heterocycles. The Morgan fingerprint density at radius 3 is 2.69 bits per heavy atom. The van der Waals surface area contributed by atoms with Gasteiger partial charge < -0.3 is 0 Å². The van der Waals surface area contributed by atoms with Crippen LogP contribution in [0.3, 0.4) is 0 Å². The maximum Gasteiger partial charge on any atom is 0.257 e. The number of carbonyl (C=O) groups is 1. The van der Waals surface area contributed by atoms with E-state index in [1.54, 1.807) is 43.3 Å². The van der Waals surface area contributed by atoms with Crippen LogP contribution < -0.4 is 5.32 Å². The number of benzene rings is 2. The molecule has 4 rings (SSSR count). The van der Waals surface area contributed by atoms with Crippen LogP contribution in [0.2, 0.25) is 5.02 Å². The lowest BCUT2D eigenvalue weighted by Crippen LogP contribution is -2.11. The summed E-state index contributed by atoms with van der Waals surface area (Å²) in [6, 6.07) is 11.3. The number of rotatable bonds is 3. The van der Waals surface area contributed by atoms with E-state index in [-0.39, 0.29) is 11.7 Å². The minimum Gasteiger partial charge on any atom is -0.296 e. The van der Waals surface area contributed by atoms with Crippen LogP contribution in [-0.4, -0.2) is 25.7 Å². The van der Waals surface area contributed by atoms with E-state index in [1.807, 2.05) is 0 Å². The number of anilines is 1. The summed E-state index contributed by atoms with van der Waals surface area (Å²) in [4.78, 5) is 12.8. The van der Waals surface area contributed by atoms with Gasteiger partial charge in [0.05, 0.1) is 0 Å². The molecule has 0 saturated carbocycles. The average molecular weight is 388 g/mol. The van der Waals surface area contributed by atoms with Crippen LogP contribution in [0.4, 0.5) is 9.52 Å². The monoisotopic (exact) mass is 387 g/mol. The van der Waals surface area contributed by atoms with E-state index in [0.29, 0.717) is 37.6 Å². The first kappa shape index (κ1) is 16.6. The Balaban J connectivity index is 1.64. The number of amides is 1. The number of aryl methyl sites for hydroxylation is 1. The highest BCUT2D eigenvalue weighted by Crippen LogP contribution is 2.25. The van der Waals surface area contributed by atoms with Gasteiger partial charge >= 0.3 is 0 Å². The van der Waals surface area contributed by atoms with Crippen LogP contribution in [0.15, 0.2) is 42.5 Å². The van der Waals surface area contributed by atoms with Crippen molar-refractivity contribution in [2.24, 2.45) is 0 Å². The Hall–Kier alpha value is -2.84. The Bertz CT molecular complexity index is 1120. The molecule has 0 radical (unpaired) electrons. The van der Waals surface area contributed by atoms with Crippen LogP contribution in [0.25, 0.3) is 16.3 Å². The average Bonchev–Trinajstić information content (AvgIpc) is 3.18. The molecule has 2 aromatic heterocycles. The predicted molar refractivity (Wildman–Crippen MR) is 98.2 cm³/mol. The van der Waals surface area contributed by atoms with E-state index < -0.39 is 0 Å². The molecule has 1 amide bonds. The molecule has 0 spiro atoms. The fourth-order valence-electron chi connectivity index (χ4n) is 2.35. The van der Waals surface area contributed by atoms with E-state index in [1.165, 1.54) is 21.9 Å². The summed E-state index contributed by atoms with van der Waals surface area (Å²) in [6.07, 6.45) is 0. The summed E-state index contributed by atoms with van der Waals surface area (Å²) < 4.78 is 15.3. The van der Waals surface area contributed by atoms with Gasteiger partial charge in [-0.15, -0.1) is 15.3 Å². The summed E-state index contributed by atoms with van der Waals surface area (Å²) in [6.45, 7) is 1.69. The quantitative estimate of drug-likeness (QED) is 0.571. The molecule has 1 N–H and O–H groups in total. The highest BCUT2D eigenvalue weighted by molar-refractivity contribution is 7.20. The van der Waals surface area contributed by atoms with Gasteiger partial charge in [0.2, 0.25) is 10.1 Å². The van der Waals surface area contributed by atoms with Gasteiger partial charge in [-0.25, -0.2) is 4.39 Å². The fourth-order valence-corrected chi connectivity index (χ4v) is 3.21. The highest BCUT2D eigenvalue weighted by atomic mass is 35.5. The van der Waals surface area contributed by atoms with Crippen molar-refractivity contribution in [1.29, 1.82) is 0 Å². The van der Waals surface area contributed by atoms with Crippen molar-refractivity contribution in [3.63, 3.8) is 0 Å². The normalized spacial score (nSPS) is 11.0. The molecule has 0 unspecified atom stereocenters. The SMILES string of the molecule is Cc1ccc(-c2nnc3sc(NC(=O)c4ccc(Cl)cc4)nn23)cc1F. The molecular formula is C17H11ClFN5OS. The van der Waals surface area contributed by atoms with Crippen molar-refractivity contribution < 1.29 is 9.18 Å². The van der Waals surface area contributed by atoms with Crippen LogP contribution >= 0.6 is 22.9 Å². The van der Waals surface area contributed by atoms with Gasteiger partial charge in [-0.2, -0.15) is 4.52 Å². The lowest BCUT2D eigenvalue weighted by molar-refractivity contribution is 0.102. The molecule has 0 fully saturated rings. The first-order chi connectivity index (χ1) is 12.5. The lowest BCUT2D eigenvalue weighted by Gasteiger charge is -2.01. The summed E-state index contributed by atoms with van der Waals surface area (Å²) in [5.41, 5.74) is 1.56. The zero-order valence-electron chi connectivity index (χ0n) is 13.4. The second kappa shape index (κ2) is 6.47. The van der Waals surface area contributed by atoms with Gasteiger partial charge in [-0.1, -0.05) is 35.1 Å². The summed E-state index contributed by atoms with van der Waals surface area (Å²) >= 11 is 7.00. The van der Waals surface area contributed by atoms with Gasteiger partial charge in [-0.3, -0.25) is 10.1 Å². The number of carbonyl (C=O) groups excluding carboxylic acids is 1. The molecule has 0 aliphatic rings. The number of aromatic nitrogens is 4. The maximum atomic E-state index is 13.8. The molecular weight excluding hydrogens is 377 g/mol. The molecule has 4 aromatic rings. The molecule has 0 aliphatic heterocycles. The van der Waals surface area contributed by atoms with E-state index in [9.17, 15) is 9.18 Å².